The van der Waals surface area contributed by atoms with Crippen LogP contribution in [0.25, 0.3) is 22.5 Å². The van der Waals surface area contributed by atoms with Crippen LogP contribution in [0.1, 0.15) is 46.1 Å². The lowest BCUT2D eigenvalue weighted by atomic mass is 10.0. The molecule has 2 aromatic carbocycles. The summed E-state index contributed by atoms with van der Waals surface area (Å²) in [5.74, 6) is -5.73. The Kier molecular flexibility index (Phi) is 11.0. The lowest BCUT2D eigenvalue weighted by Crippen LogP contribution is -2.59. The zero-order chi connectivity index (χ0) is 37.5. The second kappa shape index (κ2) is 14.8. The van der Waals surface area contributed by atoms with Gasteiger partial charge < -0.3 is 34.8 Å². The molecule has 3 amide bonds. The summed E-state index contributed by atoms with van der Waals surface area (Å²) in [6.45, 7) is 5.11. The first-order chi connectivity index (χ1) is 24.0. The molecule has 1 aliphatic heterocycles. The molecule has 4 aromatic rings. The summed E-state index contributed by atoms with van der Waals surface area (Å²) in [5.41, 5.74) is 0.0342. The topological polar surface area (TPSA) is 205 Å². The van der Waals surface area contributed by atoms with Gasteiger partial charge in [0.1, 0.15) is 45.5 Å². The number of carboxylic acid groups (broad SMARTS) is 2. The maximum absolute atomic E-state index is 13.9. The average molecular weight is 799 g/mol. The van der Waals surface area contributed by atoms with Gasteiger partial charge in [0.15, 0.2) is 6.04 Å². The molecule has 2 aromatic heterocycles. The first-order valence-electron chi connectivity index (χ1n) is 14.8. The van der Waals surface area contributed by atoms with Gasteiger partial charge in [0, 0.05) is 15.9 Å². The van der Waals surface area contributed by atoms with Gasteiger partial charge in [-0.05, 0) is 52.0 Å². The summed E-state index contributed by atoms with van der Waals surface area (Å²) < 4.78 is 9.21. The van der Waals surface area contributed by atoms with Gasteiger partial charge in [0.05, 0.1) is 26.6 Å². The summed E-state index contributed by atoms with van der Waals surface area (Å²) in [5, 5.41) is 32.4. The average Bonchev–Trinajstić information content (AvgIpc) is 3.70. The van der Waals surface area contributed by atoms with Gasteiger partial charge in [-0.15, -0.1) is 11.8 Å². The van der Waals surface area contributed by atoms with E-state index in [1.54, 1.807) is 12.1 Å². The van der Waals surface area contributed by atoms with Crippen LogP contribution in [0, 0.1) is 13.8 Å². The normalized spacial score (nSPS) is 17.2. The number of amides is 3. The van der Waals surface area contributed by atoms with E-state index >= 15 is 0 Å². The van der Waals surface area contributed by atoms with E-state index in [1.165, 1.54) is 52.0 Å². The molecule has 5 rings (SSSR count). The lowest BCUT2D eigenvalue weighted by Gasteiger charge is -2.32. The number of aliphatic carboxylic acids is 2. The van der Waals surface area contributed by atoms with Crippen LogP contribution in [0.2, 0.25) is 20.1 Å². The van der Waals surface area contributed by atoms with Gasteiger partial charge in [-0.3, -0.25) is 14.4 Å². The van der Waals surface area contributed by atoms with Crippen molar-refractivity contribution < 1.29 is 43.2 Å². The summed E-state index contributed by atoms with van der Waals surface area (Å²) in [4.78, 5) is 67.3. The minimum atomic E-state index is -1.87. The smallest absolute Gasteiger partial charge is 0.329 e. The Morgan fingerprint density at radius 2 is 1.29 bits per heavy atom. The maximum atomic E-state index is 13.9. The maximum Gasteiger partial charge on any atom is 0.329 e. The molecule has 1 fully saturated rings. The van der Waals surface area contributed by atoms with Gasteiger partial charge in [0.25, 0.3) is 11.8 Å². The number of aromatic nitrogens is 2. The van der Waals surface area contributed by atoms with Crippen LogP contribution in [0.15, 0.2) is 45.4 Å². The third-order valence-corrected chi connectivity index (χ3v) is 10.8. The zero-order valence-electron chi connectivity index (χ0n) is 26.9. The van der Waals surface area contributed by atoms with Gasteiger partial charge in [0.2, 0.25) is 5.91 Å². The van der Waals surface area contributed by atoms with Crippen molar-refractivity contribution >= 4 is 87.8 Å². The number of thioether (sulfide) groups is 1. The van der Waals surface area contributed by atoms with Crippen LogP contribution in [0.3, 0.4) is 0 Å². The second-order valence-electron chi connectivity index (χ2n) is 11.7. The standard InChI is InChI=1S/C32H27Cl4N5O9S/c1-12-19(23(39-49-12)21-14(33)7-5-8-15(21)34)27(43)37-11-18(42)41-26(31(47)48)32(3,4)51-29(41)25(30(45)46)38-28(44)20-13(2)50-40-24(20)22-16(35)9-6-10-17(22)36/h5-10,25-26,29H,11H2,1-4H3,(H,37,43)(H,38,44)(H,45,46)(H,47,48)/t25-,26-,29+/m0/s1. The van der Waals surface area contributed by atoms with E-state index in [4.69, 9.17) is 55.4 Å². The predicted molar refractivity (Wildman–Crippen MR) is 188 cm³/mol. The highest BCUT2D eigenvalue weighted by atomic mass is 35.5. The molecule has 14 nitrogen and oxygen atoms in total. The molecular formula is C32H27Cl4N5O9S. The Balaban J connectivity index is 1.45. The Bertz CT molecular complexity index is 2040. The molecule has 4 N–H and O–H groups in total. The van der Waals surface area contributed by atoms with E-state index in [9.17, 15) is 34.2 Å². The number of hydrogen-bond donors (Lipinski definition) is 4. The molecule has 0 bridgehead atoms. The zero-order valence-corrected chi connectivity index (χ0v) is 30.8. The fraction of sp³-hybridized carbons (Fsp3) is 0.281. The molecule has 51 heavy (non-hydrogen) atoms. The molecule has 0 aliphatic carbocycles. The van der Waals surface area contributed by atoms with Crippen LogP contribution in [0.4, 0.5) is 0 Å². The Morgan fingerprint density at radius 1 is 0.843 bits per heavy atom. The Hall–Kier alpha value is -4.28. The van der Waals surface area contributed by atoms with Crippen molar-refractivity contribution in [3.63, 3.8) is 0 Å². The Labute approximate surface area is 313 Å². The van der Waals surface area contributed by atoms with Crippen LogP contribution in [0.5, 0.6) is 0 Å². The van der Waals surface area contributed by atoms with E-state index in [1.807, 2.05) is 0 Å². The number of carbonyl (C=O) groups is 5. The number of nitrogens with one attached hydrogen (secondary N) is 2. The molecule has 0 saturated carbocycles. The van der Waals surface area contributed by atoms with Crippen LogP contribution in [-0.4, -0.2) is 83.8 Å². The number of carbonyl (C=O) groups excluding carboxylic acids is 3. The van der Waals surface area contributed by atoms with Gasteiger partial charge in [-0.1, -0.05) is 68.8 Å². The van der Waals surface area contributed by atoms with Crippen LogP contribution < -0.4 is 10.6 Å². The molecule has 3 heterocycles. The summed E-state index contributed by atoms with van der Waals surface area (Å²) in [6.07, 6.45) is 0. The van der Waals surface area contributed by atoms with E-state index in [2.05, 4.69) is 20.9 Å². The molecule has 0 unspecified atom stereocenters. The first-order valence-corrected chi connectivity index (χ1v) is 17.2. The number of halogens is 4. The monoisotopic (exact) mass is 797 g/mol. The lowest BCUT2D eigenvalue weighted by molar-refractivity contribution is -0.152. The number of nitrogens with zero attached hydrogens (tertiary/aromatic N) is 3. The fourth-order valence-electron chi connectivity index (χ4n) is 5.72. The summed E-state index contributed by atoms with van der Waals surface area (Å²) in [7, 11) is 0. The molecule has 0 spiro atoms. The van der Waals surface area contributed by atoms with E-state index in [0.29, 0.717) is 0 Å². The molecule has 3 atom stereocenters. The van der Waals surface area contributed by atoms with Crippen molar-refractivity contribution in [2.45, 2.75) is 49.9 Å². The number of rotatable bonds is 10. The van der Waals surface area contributed by atoms with Gasteiger partial charge in [-0.25, -0.2) is 9.59 Å². The minimum absolute atomic E-state index is 0.00216. The van der Waals surface area contributed by atoms with E-state index < -0.39 is 58.4 Å². The third-order valence-electron chi connectivity index (χ3n) is 7.97. The first kappa shape index (κ1) is 38.0. The largest absolute Gasteiger partial charge is 0.480 e. The van der Waals surface area contributed by atoms with Gasteiger partial charge in [-0.2, -0.15) is 0 Å². The highest BCUT2D eigenvalue weighted by molar-refractivity contribution is 8.01. The minimum Gasteiger partial charge on any atom is -0.480 e. The number of carboxylic acids is 2. The van der Waals surface area contributed by atoms with E-state index in [-0.39, 0.29) is 65.3 Å². The molecule has 1 aliphatic rings. The SMILES string of the molecule is Cc1onc(-c2c(Cl)cccc2Cl)c1C(=O)NCC(=O)N1[C@@H]([C@H](NC(=O)c2c(-c3c(Cl)cccc3Cl)noc2C)C(=O)O)SC(C)(C)[C@@H]1C(=O)O. The number of hydrogen-bond acceptors (Lipinski definition) is 10. The van der Waals surface area contributed by atoms with Crippen molar-refractivity contribution in [2.24, 2.45) is 0 Å². The summed E-state index contributed by atoms with van der Waals surface area (Å²) >= 11 is 26.2. The van der Waals surface area contributed by atoms with Crippen molar-refractivity contribution in [3.05, 3.63) is 79.1 Å². The molecule has 19 heteroatoms. The highest BCUT2D eigenvalue weighted by Crippen LogP contribution is 2.46. The van der Waals surface area contributed by atoms with Crippen LogP contribution in [-0.2, 0) is 14.4 Å². The van der Waals surface area contributed by atoms with Crippen molar-refractivity contribution in [1.82, 2.24) is 25.8 Å². The van der Waals surface area contributed by atoms with E-state index in [0.717, 1.165) is 16.7 Å². The van der Waals surface area contributed by atoms with Crippen molar-refractivity contribution in [3.8, 4) is 22.5 Å². The molecule has 1 saturated heterocycles. The Morgan fingerprint density at radius 3 is 1.73 bits per heavy atom. The third kappa shape index (κ3) is 7.26. The van der Waals surface area contributed by atoms with Crippen molar-refractivity contribution in [2.75, 3.05) is 6.54 Å². The molecular weight excluding hydrogens is 772 g/mol. The fourth-order valence-corrected chi connectivity index (χ4v) is 8.51. The quantitative estimate of drug-likeness (QED) is 0.146. The number of aryl methyl sites for hydroxylation is 2. The number of benzene rings is 2. The highest BCUT2D eigenvalue weighted by Gasteiger charge is 2.57. The summed E-state index contributed by atoms with van der Waals surface area (Å²) in [6, 6.07) is 5.81. The van der Waals surface area contributed by atoms with Crippen molar-refractivity contribution in [1.29, 1.82) is 0 Å². The molecule has 0 radical (unpaired) electrons. The predicted octanol–water partition coefficient (Wildman–Crippen LogP) is 5.97. The van der Waals surface area contributed by atoms with Crippen LogP contribution >= 0.6 is 58.2 Å². The molecule has 268 valence electrons. The second-order valence-corrected chi connectivity index (χ2v) is 15.1. The van der Waals surface area contributed by atoms with Gasteiger partial charge >= 0.3 is 11.9 Å².